The molecule has 2 aliphatic rings. The van der Waals surface area contributed by atoms with Gasteiger partial charge in [-0.05, 0) is 34.2 Å². The molecule has 3 nitrogen and oxygen atoms in total. The summed E-state index contributed by atoms with van der Waals surface area (Å²) in [6.45, 7) is 0. The first-order chi connectivity index (χ1) is 13.8. The number of hydrogen-bond acceptors (Lipinski definition) is 4. The van der Waals surface area contributed by atoms with Crippen LogP contribution in [0.4, 0.5) is 0 Å². The lowest BCUT2D eigenvalue weighted by Crippen LogP contribution is -2.30. The predicted octanol–water partition coefficient (Wildman–Crippen LogP) is 5.26. The van der Waals surface area contributed by atoms with Crippen LogP contribution in [0.3, 0.4) is 0 Å². The van der Waals surface area contributed by atoms with Crippen molar-refractivity contribution in [2.24, 2.45) is 5.92 Å². The van der Waals surface area contributed by atoms with E-state index in [1.54, 1.807) is 0 Å². The maximum atomic E-state index is 13.7. The molecule has 0 saturated carbocycles. The van der Waals surface area contributed by atoms with E-state index in [2.05, 4.69) is 29.2 Å². The Morgan fingerprint density at radius 2 is 1.79 bits per heavy atom. The van der Waals surface area contributed by atoms with Crippen LogP contribution in [0.2, 0.25) is 0 Å². The van der Waals surface area contributed by atoms with Gasteiger partial charge in [-0.3, -0.25) is 4.79 Å². The molecule has 0 spiro atoms. The van der Waals surface area contributed by atoms with Crippen LogP contribution in [0.25, 0.3) is 6.08 Å². The molecule has 3 aromatic rings. The molecule has 4 heteroatoms. The zero-order chi connectivity index (χ0) is 19.1. The number of thiophene rings is 1. The van der Waals surface area contributed by atoms with E-state index in [0.717, 1.165) is 21.6 Å². The minimum atomic E-state index is -0.383. The monoisotopic (exact) mass is 382 g/mol. The lowest BCUT2D eigenvalue weighted by Gasteiger charge is -2.32. The predicted molar refractivity (Wildman–Crippen MR) is 111 cm³/mol. The number of nitriles is 1. The van der Waals surface area contributed by atoms with Crippen LogP contribution in [-0.2, 0) is 0 Å². The van der Waals surface area contributed by atoms with Gasteiger partial charge in [0.05, 0.1) is 22.9 Å². The van der Waals surface area contributed by atoms with Crippen LogP contribution < -0.4 is 0 Å². The molecular formula is C24H18N2OS. The molecule has 1 saturated heterocycles. The van der Waals surface area contributed by atoms with Crippen LogP contribution in [0.15, 0.2) is 78.3 Å². The number of carbonyl (C=O) groups is 1. The zero-order valence-electron chi connectivity index (χ0n) is 15.1. The van der Waals surface area contributed by atoms with E-state index in [9.17, 15) is 10.1 Å². The number of ketones is 1. The molecule has 0 N–H and O–H groups in total. The van der Waals surface area contributed by atoms with E-state index in [1.807, 2.05) is 66.2 Å². The fraction of sp³-hybridized carbons (Fsp3) is 0.167. The average molecular weight is 382 g/mol. The second-order valence-corrected chi connectivity index (χ2v) is 8.16. The average Bonchev–Trinajstić information content (AvgIpc) is 3.40. The number of Topliss-reactive ketones (excluding diaryl/α,β-unsaturated/α-hetero) is 1. The minimum Gasteiger partial charge on any atom is -0.353 e. The molecule has 4 unspecified atom stereocenters. The molecule has 0 aliphatic carbocycles. The number of hydrogen-bond donors (Lipinski definition) is 0. The van der Waals surface area contributed by atoms with E-state index >= 15 is 0 Å². The first-order valence-electron chi connectivity index (χ1n) is 9.36. The fourth-order valence-corrected chi connectivity index (χ4v) is 5.39. The summed E-state index contributed by atoms with van der Waals surface area (Å²) in [5.74, 6) is -0.361. The first kappa shape index (κ1) is 17.0. The topological polar surface area (TPSA) is 44.1 Å². The van der Waals surface area contributed by atoms with E-state index in [0.29, 0.717) is 0 Å². The zero-order valence-corrected chi connectivity index (χ0v) is 15.9. The van der Waals surface area contributed by atoms with Crippen molar-refractivity contribution in [1.82, 2.24) is 4.90 Å². The standard InChI is InChI=1S/C24H18N2OS/c25-15-19-21(17-8-2-1-3-9-17)22(24(27)20-11-6-14-28-20)23-18-10-5-4-7-16(18)12-13-26(19)23/h1-14,19,21-23H. The highest BCUT2D eigenvalue weighted by molar-refractivity contribution is 7.12. The molecular weight excluding hydrogens is 364 g/mol. The molecule has 28 heavy (non-hydrogen) atoms. The Hall–Kier alpha value is -3.16. The minimum absolute atomic E-state index is 0.127. The molecule has 1 fully saturated rings. The van der Waals surface area contributed by atoms with Gasteiger partial charge in [-0.15, -0.1) is 11.3 Å². The Labute approximate surface area is 168 Å². The van der Waals surface area contributed by atoms with Gasteiger partial charge in [0.15, 0.2) is 5.78 Å². The highest BCUT2D eigenvalue weighted by atomic mass is 32.1. The molecule has 0 radical (unpaired) electrons. The summed E-state index contributed by atoms with van der Waals surface area (Å²) in [5, 5.41) is 12.0. The molecule has 0 bridgehead atoms. The summed E-state index contributed by atoms with van der Waals surface area (Å²) < 4.78 is 0. The quantitative estimate of drug-likeness (QED) is 0.580. The number of benzene rings is 2. The van der Waals surface area contributed by atoms with Gasteiger partial charge in [-0.25, -0.2) is 0 Å². The first-order valence-corrected chi connectivity index (χ1v) is 10.2. The van der Waals surface area contributed by atoms with Crippen LogP contribution in [-0.4, -0.2) is 16.7 Å². The Kier molecular flexibility index (Phi) is 4.11. The van der Waals surface area contributed by atoms with Gasteiger partial charge in [0.25, 0.3) is 0 Å². The van der Waals surface area contributed by atoms with Gasteiger partial charge < -0.3 is 4.90 Å². The van der Waals surface area contributed by atoms with Crippen molar-refractivity contribution in [3.63, 3.8) is 0 Å². The van der Waals surface area contributed by atoms with Crippen molar-refractivity contribution < 1.29 is 4.79 Å². The van der Waals surface area contributed by atoms with E-state index in [1.165, 1.54) is 11.3 Å². The van der Waals surface area contributed by atoms with Crippen molar-refractivity contribution in [3.05, 3.63) is 99.9 Å². The van der Waals surface area contributed by atoms with Crippen molar-refractivity contribution in [3.8, 4) is 6.07 Å². The summed E-state index contributed by atoms with van der Waals surface area (Å²) in [5.41, 5.74) is 3.29. The van der Waals surface area contributed by atoms with Crippen molar-refractivity contribution in [2.45, 2.75) is 18.0 Å². The SMILES string of the molecule is N#CC1C(c2ccccc2)C(C(=O)c2cccs2)C2c3ccccc3C=CN12. The maximum absolute atomic E-state index is 13.7. The number of nitrogens with zero attached hydrogens (tertiary/aromatic N) is 2. The van der Waals surface area contributed by atoms with Crippen molar-refractivity contribution in [1.29, 1.82) is 5.26 Å². The highest BCUT2D eigenvalue weighted by Gasteiger charge is 2.53. The Bertz CT molecular complexity index is 1080. The van der Waals surface area contributed by atoms with E-state index < -0.39 is 0 Å². The maximum Gasteiger partial charge on any atom is 0.178 e. The Morgan fingerprint density at radius 3 is 2.54 bits per heavy atom. The smallest absolute Gasteiger partial charge is 0.178 e. The summed E-state index contributed by atoms with van der Waals surface area (Å²) in [4.78, 5) is 16.5. The van der Waals surface area contributed by atoms with Gasteiger partial charge in [0.2, 0.25) is 0 Å². The Balaban J connectivity index is 1.71. The van der Waals surface area contributed by atoms with Gasteiger partial charge in [0.1, 0.15) is 6.04 Å². The molecule has 5 rings (SSSR count). The lowest BCUT2D eigenvalue weighted by molar-refractivity contribution is 0.0888. The van der Waals surface area contributed by atoms with Crippen molar-refractivity contribution >= 4 is 23.2 Å². The van der Waals surface area contributed by atoms with Gasteiger partial charge >= 0.3 is 0 Å². The summed E-state index contributed by atoms with van der Waals surface area (Å²) in [7, 11) is 0. The molecule has 0 amide bonds. The number of rotatable bonds is 3. The van der Waals surface area contributed by atoms with E-state index in [-0.39, 0.29) is 29.7 Å². The molecule has 4 atom stereocenters. The van der Waals surface area contributed by atoms with Crippen LogP contribution >= 0.6 is 11.3 Å². The second kappa shape index (κ2) is 6.78. The van der Waals surface area contributed by atoms with Gasteiger partial charge in [-0.1, -0.05) is 60.7 Å². The van der Waals surface area contributed by atoms with Crippen LogP contribution in [0.5, 0.6) is 0 Å². The molecule has 1 aromatic heterocycles. The van der Waals surface area contributed by atoms with Gasteiger partial charge in [-0.2, -0.15) is 5.26 Å². The third-order valence-corrected chi connectivity index (χ3v) is 6.72. The fourth-order valence-electron chi connectivity index (χ4n) is 4.68. The number of fused-ring (bicyclic) bond motifs is 3. The van der Waals surface area contributed by atoms with Crippen LogP contribution in [0.1, 0.15) is 38.3 Å². The summed E-state index contributed by atoms with van der Waals surface area (Å²) in [6, 6.07) is 24.0. The molecule has 3 heterocycles. The largest absolute Gasteiger partial charge is 0.353 e. The van der Waals surface area contributed by atoms with Gasteiger partial charge in [0, 0.05) is 12.1 Å². The normalized spacial score (nSPS) is 25.0. The van der Waals surface area contributed by atoms with E-state index in [4.69, 9.17) is 0 Å². The lowest BCUT2D eigenvalue weighted by atomic mass is 9.77. The Morgan fingerprint density at radius 1 is 1.00 bits per heavy atom. The molecule has 136 valence electrons. The molecule has 2 aliphatic heterocycles. The van der Waals surface area contributed by atoms with Crippen molar-refractivity contribution in [2.75, 3.05) is 0 Å². The summed E-state index contributed by atoms with van der Waals surface area (Å²) in [6.07, 6.45) is 4.05. The highest BCUT2D eigenvalue weighted by Crippen LogP contribution is 2.53. The van der Waals surface area contributed by atoms with Crippen LogP contribution in [0, 0.1) is 17.2 Å². The third-order valence-electron chi connectivity index (χ3n) is 5.83. The third kappa shape index (κ3) is 2.51. The second-order valence-electron chi connectivity index (χ2n) is 7.21. The summed E-state index contributed by atoms with van der Waals surface area (Å²) >= 11 is 1.48. The molecule has 2 aromatic carbocycles. The number of carbonyl (C=O) groups excluding carboxylic acids is 1.